The molecule has 2 aliphatic rings. The van der Waals surface area contributed by atoms with Crippen molar-refractivity contribution in [1.82, 2.24) is 0 Å². The summed E-state index contributed by atoms with van der Waals surface area (Å²) in [5, 5.41) is 5.07. The largest absolute Gasteiger partial charge is 0.134 e. The molecule has 2 aromatic carbocycles. The smallest absolute Gasteiger partial charge is 0.0733 e. The molecule has 176 valence electrons. The number of hydrogen-bond donors (Lipinski definition) is 0. The predicted molar refractivity (Wildman–Crippen MR) is 153 cm³/mol. The first-order chi connectivity index (χ1) is 15.5. The summed E-state index contributed by atoms with van der Waals surface area (Å²) in [7, 11) is -3.68. The number of rotatable bonds is 5. The van der Waals surface area contributed by atoms with Gasteiger partial charge in [0.2, 0.25) is 0 Å². The highest BCUT2D eigenvalue weighted by Gasteiger charge is 2.58. The second-order valence-corrected chi connectivity index (χ2v) is 21.8. The Kier molecular flexibility index (Phi) is 6.57. The molecule has 2 aromatic rings. The summed E-state index contributed by atoms with van der Waals surface area (Å²) in [6.07, 6.45) is 9.64. The zero-order chi connectivity index (χ0) is 24.0. The van der Waals surface area contributed by atoms with E-state index in [-0.39, 0.29) is 5.04 Å². The Hall–Kier alpha value is -1.65. The minimum absolute atomic E-state index is 0.106. The molecular formula is C31H44Si2. The molecule has 2 aliphatic carbocycles. The van der Waals surface area contributed by atoms with E-state index in [1.165, 1.54) is 48.8 Å². The van der Waals surface area contributed by atoms with Crippen LogP contribution >= 0.6 is 0 Å². The van der Waals surface area contributed by atoms with Crippen molar-refractivity contribution in [2.24, 2.45) is 0 Å². The Balaban J connectivity index is 2.14. The van der Waals surface area contributed by atoms with Gasteiger partial charge in [0.05, 0.1) is 8.07 Å². The van der Waals surface area contributed by atoms with Crippen LogP contribution in [-0.4, -0.2) is 16.1 Å². The van der Waals surface area contributed by atoms with E-state index in [1.54, 1.807) is 21.1 Å². The van der Waals surface area contributed by atoms with Gasteiger partial charge in [0, 0.05) is 5.04 Å². The summed E-state index contributed by atoms with van der Waals surface area (Å²) in [5.74, 6) is 0. The molecular weight excluding hydrogens is 429 g/mol. The number of aryl methyl sites for hydroxylation is 1. The van der Waals surface area contributed by atoms with Gasteiger partial charge in [-0.2, -0.15) is 0 Å². The van der Waals surface area contributed by atoms with Gasteiger partial charge in [0.15, 0.2) is 0 Å². The van der Waals surface area contributed by atoms with Gasteiger partial charge in [-0.25, -0.2) is 0 Å². The molecule has 2 unspecified atom stereocenters. The summed E-state index contributed by atoms with van der Waals surface area (Å²) in [6, 6.07) is 19.6. The first-order valence-corrected chi connectivity index (χ1v) is 18.7. The summed E-state index contributed by atoms with van der Waals surface area (Å²) in [5.41, 5.74) is 6.88. The van der Waals surface area contributed by atoms with Crippen LogP contribution in [0.15, 0.2) is 71.3 Å². The minimum atomic E-state index is -2.24. The Morgan fingerprint density at radius 3 is 1.91 bits per heavy atom. The molecule has 33 heavy (non-hydrogen) atoms. The van der Waals surface area contributed by atoms with E-state index in [9.17, 15) is 0 Å². The molecule has 0 nitrogen and oxygen atoms in total. The first kappa shape index (κ1) is 24.5. The highest BCUT2D eigenvalue weighted by molar-refractivity contribution is 7.06. The quantitative estimate of drug-likeness (QED) is 0.395. The van der Waals surface area contributed by atoms with E-state index >= 15 is 0 Å². The van der Waals surface area contributed by atoms with E-state index in [1.807, 2.05) is 0 Å². The summed E-state index contributed by atoms with van der Waals surface area (Å²) >= 11 is 0. The second kappa shape index (κ2) is 8.85. The molecule has 1 fully saturated rings. The third kappa shape index (κ3) is 3.97. The van der Waals surface area contributed by atoms with E-state index in [4.69, 9.17) is 0 Å². The molecule has 0 saturated heterocycles. The molecule has 0 spiro atoms. The van der Waals surface area contributed by atoms with Crippen molar-refractivity contribution < 1.29 is 0 Å². The van der Waals surface area contributed by atoms with Crippen LogP contribution in [0.4, 0.5) is 0 Å². The topological polar surface area (TPSA) is 0 Å². The van der Waals surface area contributed by atoms with Crippen LogP contribution in [0.1, 0.15) is 65.4 Å². The van der Waals surface area contributed by atoms with Crippen molar-refractivity contribution >= 4 is 31.7 Å². The van der Waals surface area contributed by atoms with Crippen molar-refractivity contribution in [1.29, 1.82) is 0 Å². The van der Waals surface area contributed by atoms with E-state index in [0.717, 1.165) is 5.54 Å². The molecule has 2 heteroatoms. The molecule has 4 rings (SSSR count). The lowest BCUT2D eigenvalue weighted by atomic mass is 10.00. The third-order valence-corrected chi connectivity index (χ3v) is 17.5. The van der Waals surface area contributed by atoms with Gasteiger partial charge in [-0.05, 0) is 38.8 Å². The Labute approximate surface area is 205 Å². The second-order valence-electron chi connectivity index (χ2n) is 12.1. The Morgan fingerprint density at radius 1 is 0.758 bits per heavy atom. The van der Waals surface area contributed by atoms with Gasteiger partial charge in [-0.3, -0.25) is 0 Å². The zero-order valence-corrected chi connectivity index (χ0v) is 24.3. The maximum absolute atomic E-state index is 2.70. The molecule has 0 radical (unpaired) electrons. The lowest BCUT2D eigenvalue weighted by molar-refractivity contribution is 0.488. The molecule has 0 heterocycles. The average molecular weight is 473 g/mol. The maximum Gasteiger partial charge on any atom is 0.134 e. The Morgan fingerprint density at radius 2 is 1.36 bits per heavy atom. The lowest BCUT2D eigenvalue weighted by Gasteiger charge is -2.52. The predicted octanol–water partition coefficient (Wildman–Crippen LogP) is 7.49. The van der Waals surface area contributed by atoms with Gasteiger partial charge in [-0.15, -0.1) is 0 Å². The minimum Gasteiger partial charge on any atom is -0.0733 e. The summed E-state index contributed by atoms with van der Waals surface area (Å²) in [6.45, 7) is 19.6. The van der Waals surface area contributed by atoms with Crippen LogP contribution in [0.2, 0.25) is 30.2 Å². The van der Waals surface area contributed by atoms with E-state index in [0.29, 0.717) is 0 Å². The highest BCUT2D eigenvalue weighted by Crippen LogP contribution is 2.58. The maximum atomic E-state index is 2.70. The van der Waals surface area contributed by atoms with Crippen LogP contribution < -0.4 is 15.6 Å². The first-order valence-electron chi connectivity index (χ1n) is 13.1. The summed E-state index contributed by atoms with van der Waals surface area (Å²) < 4.78 is 0. The molecule has 2 atom stereocenters. The number of benzene rings is 2. The zero-order valence-electron chi connectivity index (χ0n) is 22.3. The van der Waals surface area contributed by atoms with Gasteiger partial charge in [0.1, 0.15) is 8.07 Å². The standard InChI is InChI=1S/C31H44Si2/c1-23-19-29(32(6,7)8)21-30(20-23)33(27-15-11-9-12-16-27,28-17-13-10-14-18-28)31(5)22-24(2)25(3)26(31)4/h9,11-12,15-16,19-22,28H,10,13-14,17-18H2,1-8H3. The van der Waals surface area contributed by atoms with Crippen LogP contribution in [0.25, 0.3) is 0 Å². The lowest BCUT2D eigenvalue weighted by Crippen LogP contribution is -2.69. The molecule has 0 N–H and O–H groups in total. The SMILES string of the molecule is CC1=CC(C)([Si](c2ccccc2)(c2cc(C)cc([Si](C)(C)C)c2)C2CCCCC2)C(C)=C1C. The molecule has 0 bridgehead atoms. The van der Waals surface area contributed by atoms with Crippen LogP contribution in [0, 0.1) is 6.92 Å². The van der Waals surface area contributed by atoms with Crippen molar-refractivity contribution in [2.75, 3.05) is 0 Å². The number of allylic oxidation sites excluding steroid dienone is 4. The van der Waals surface area contributed by atoms with Crippen molar-refractivity contribution in [2.45, 2.75) is 96.9 Å². The number of hydrogen-bond acceptors (Lipinski definition) is 0. The highest BCUT2D eigenvalue weighted by atomic mass is 28.3. The molecule has 0 aromatic heterocycles. The van der Waals surface area contributed by atoms with Crippen molar-refractivity contribution in [3.63, 3.8) is 0 Å². The van der Waals surface area contributed by atoms with Crippen LogP contribution in [0.3, 0.4) is 0 Å². The fraction of sp³-hybridized carbons (Fsp3) is 0.484. The fourth-order valence-electron chi connectivity index (χ4n) is 7.09. The van der Waals surface area contributed by atoms with Gasteiger partial charge >= 0.3 is 0 Å². The van der Waals surface area contributed by atoms with Crippen LogP contribution in [-0.2, 0) is 0 Å². The normalized spacial score (nSPS) is 24.1. The molecule has 0 aliphatic heterocycles. The fourth-order valence-corrected chi connectivity index (χ4v) is 15.9. The van der Waals surface area contributed by atoms with E-state index in [2.05, 4.69) is 109 Å². The molecule has 1 saturated carbocycles. The average Bonchev–Trinajstić information content (AvgIpc) is 2.98. The monoisotopic (exact) mass is 472 g/mol. The summed E-state index contributed by atoms with van der Waals surface area (Å²) in [4.78, 5) is 0. The Bertz CT molecular complexity index is 1080. The third-order valence-electron chi connectivity index (χ3n) is 9.10. The van der Waals surface area contributed by atoms with Gasteiger partial charge < -0.3 is 0 Å². The van der Waals surface area contributed by atoms with Gasteiger partial charge in [-0.1, -0.05) is 146 Å². The molecule has 0 amide bonds. The van der Waals surface area contributed by atoms with Crippen molar-refractivity contribution in [3.8, 4) is 0 Å². The van der Waals surface area contributed by atoms with Crippen LogP contribution in [0.5, 0.6) is 0 Å². The van der Waals surface area contributed by atoms with E-state index < -0.39 is 16.1 Å². The van der Waals surface area contributed by atoms with Crippen molar-refractivity contribution in [3.05, 3.63) is 76.9 Å². The van der Waals surface area contributed by atoms with Gasteiger partial charge in [0.25, 0.3) is 0 Å².